The monoisotopic (exact) mass is 179 g/mol. The standard InChI is InChI=1S/C8H13Cl2/c1-2-3-4-5-6-7-8(9)10/h2,7H,3-6H2,1H3. The van der Waals surface area contributed by atoms with Gasteiger partial charge in [-0.1, -0.05) is 49.0 Å². The van der Waals surface area contributed by atoms with Crippen LogP contribution in [0.2, 0.25) is 0 Å². The molecular weight excluding hydrogens is 167 g/mol. The summed E-state index contributed by atoms with van der Waals surface area (Å²) < 4.78 is 0.389. The molecule has 0 nitrogen and oxygen atoms in total. The van der Waals surface area contributed by atoms with E-state index in [1.807, 2.05) is 6.08 Å². The third-order valence-corrected chi connectivity index (χ3v) is 1.55. The van der Waals surface area contributed by atoms with E-state index in [9.17, 15) is 0 Å². The van der Waals surface area contributed by atoms with Crippen molar-refractivity contribution in [2.75, 3.05) is 0 Å². The van der Waals surface area contributed by atoms with Gasteiger partial charge in [-0.05, 0) is 19.3 Å². The van der Waals surface area contributed by atoms with E-state index in [0.29, 0.717) is 4.49 Å². The molecule has 0 aromatic rings. The Morgan fingerprint density at radius 3 is 2.30 bits per heavy atom. The molecule has 0 aliphatic heterocycles. The first-order chi connectivity index (χ1) is 4.77. The lowest BCUT2D eigenvalue weighted by molar-refractivity contribution is 0.739. The fraction of sp³-hybridized carbons (Fsp3) is 0.625. The van der Waals surface area contributed by atoms with Crippen LogP contribution in [0, 0.1) is 6.42 Å². The maximum atomic E-state index is 5.41. The molecule has 0 heterocycles. The van der Waals surface area contributed by atoms with Gasteiger partial charge >= 0.3 is 0 Å². The maximum Gasteiger partial charge on any atom is 0.102 e. The van der Waals surface area contributed by atoms with Crippen molar-refractivity contribution in [3.63, 3.8) is 0 Å². The minimum atomic E-state index is 0.389. The largest absolute Gasteiger partial charge is 0.102 e. The first-order valence-corrected chi connectivity index (χ1v) is 4.32. The molecule has 0 saturated carbocycles. The molecule has 1 radical (unpaired) electrons. The average molecular weight is 180 g/mol. The number of halogens is 2. The first-order valence-electron chi connectivity index (χ1n) is 3.56. The Kier molecular flexibility index (Phi) is 7.66. The van der Waals surface area contributed by atoms with Gasteiger partial charge in [0.1, 0.15) is 4.49 Å². The molecule has 0 aromatic heterocycles. The van der Waals surface area contributed by atoms with Crippen molar-refractivity contribution in [3.05, 3.63) is 17.0 Å². The highest BCUT2D eigenvalue weighted by atomic mass is 35.5. The topological polar surface area (TPSA) is 0 Å². The van der Waals surface area contributed by atoms with Crippen molar-refractivity contribution in [2.45, 2.75) is 32.6 Å². The molecule has 2 heteroatoms. The summed E-state index contributed by atoms with van der Waals surface area (Å²) in [5, 5.41) is 0. The minimum absolute atomic E-state index is 0.389. The Hall–Kier alpha value is 0.320. The highest BCUT2D eigenvalue weighted by molar-refractivity contribution is 6.55. The summed E-state index contributed by atoms with van der Waals surface area (Å²) in [5.41, 5.74) is 0. The van der Waals surface area contributed by atoms with E-state index in [-0.39, 0.29) is 0 Å². The molecule has 0 fully saturated rings. The Morgan fingerprint density at radius 1 is 1.20 bits per heavy atom. The van der Waals surface area contributed by atoms with E-state index in [2.05, 4.69) is 13.3 Å². The van der Waals surface area contributed by atoms with Gasteiger partial charge in [0.2, 0.25) is 0 Å². The number of unbranched alkanes of at least 4 members (excludes halogenated alkanes) is 4. The molecule has 0 aliphatic rings. The first kappa shape index (κ1) is 10.3. The molecule has 10 heavy (non-hydrogen) atoms. The lowest BCUT2D eigenvalue weighted by Gasteiger charge is -1.93. The van der Waals surface area contributed by atoms with Crippen LogP contribution in [0.15, 0.2) is 10.6 Å². The van der Waals surface area contributed by atoms with Gasteiger partial charge < -0.3 is 0 Å². The van der Waals surface area contributed by atoms with Gasteiger partial charge in [-0.25, -0.2) is 0 Å². The summed E-state index contributed by atoms with van der Waals surface area (Å²) in [6, 6.07) is 0. The average Bonchev–Trinajstić information content (AvgIpc) is 1.87. The van der Waals surface area contributed by atoms with Crippen molar-refractivity contribution in [1.29, 1.82) is 0 Å². The zero-order valence-electron chi connectivity index (χ0n) is 6.24. The number of allylic oxidation sites excluding steroid dienone is 1. The van der Waals surface area contributed by atoms with Gasteiger partial charge in [-0.15, -0.1) is 0 Å². The molecular formula is C8H13Cl2. The van der Waals surface area contributed by atoms with Gasteiger partial charge in [-0.3, -0.25) is 0 Å². The van der Waals surface area contributed by atoms with Gasteiger partial charge in [0.05, 0.1) is 0 Å². The predicted octanol–water partition coefficient (Wildman–Crippen LogP) is 4.09. The van der Waals surface area contributed by atoms with Crippen molar-refractivity contribution in [1.82, 2.24) is 0 Å². The summed E-state index contributed by atoms with van der Waals surface area (Å²) in [6.07, 6.45) is 8.61. The zero-order chi connectivity index (χ0) is 7.82. The van der Waals surface area contributed by atoms with Crippen LogP contribution in [0.4, 0.5) is 0 Å². The fourth-order valence-electron chi connectivity index (χ4n) is 0.704. The van der Waals surface area contributed by atoms with Crippen LogP contribution < -0.4 is 0 Å². The lowest BCUT2D eigenvalue weighted by Crippen LogP contribution is -1.73. The van der Waals surface area contributed by atoms with Crippen LogP contribution in [0.5, 0.6) is 0 Å². The summed E-state index contributed by atoms with van der Waals surface area (Å²) >= 11 is 10.8. The normalized spacial score (nSPS) is 9.50. The summed E-state index contributed by atoms with van der Waals surface area (Å²) in [7, 11) is 0. The van der Waals surface area contributed by atoms with Crippen LogP contribution in [0.3, 0.4) is 0 Å². The predicted molar refractivity (Wildman–Crippen MR) is 48.2 cm³/mol. The molecule has 0 atom stereocenters. The van der Waals surface area contributed by atoms with Crippen molar-refractivity contribution in [3.8, 4) is 0 Å². The molecule has 0 rings (SSSR count). The summed E-state index contributed by atoms with van der Waals surface area (Å²) in [4.78, 5) is 0. The third-order valence-electron chi connectivity index (χ3n) is 1.25. The molecule has 0 N–H and O–H groups in total. The second-order valence-corrected chi connectivity index (χ2v) is 3.19. The fourth-order valence-corrected chi connectivity index (χ4v) is 0.922. The third kappa shape index (κ3) is 8.32. The van der Waals surface area contributed by atoms with Crippen LogP contribution >= 0.6 is 23.2 Å². The van der Waals surface area contributed by atoms with E-state index >= 15 is 0 Å². The van der Waals surface area contributed by atoms with Crippen molar-refractivity contribution in [2.24, 2.45) is 0 Å². The second kappa shape index (κ2) is 7.43. The van der Waals surface area contributed by atoms with E-state index < -0.39 is 0 Å². The van der Waals surface area contributed by atoms with Crippen LogP contribution in [0.25, 0.3) is 0 Å². The van der Waals surface area contributed by atoms with E-state index in [0.717, 1.165) is 6.42 Å². The lowest BCUT2D eigenvalue weighted by atomic mass is 10.2. The molecule has 0 spiro atoms. The zero-order valence-corrected chi connectivity index (χ0v) is 7.75. The summed E-state index contributed by atoms with van der Waals surface area (Å²) in [6.45, 7) is 2.07. The van der Waals surface area contributed by atoms with Gasteiger partial charge in [-0.2, -0.15) is 0 Å². The number of rotatable bonds is 5. The molecule has 0 amide bonds. The maximum absolute atomic E-state index is 5.41. The smallest absolute Gasteiger partial charge is 0.0713 e. The molecule has 0 saturated heterocycles. The van der Waals surface area contributed by atoms with Crippen molar-refractivity contribution >= 4 is 23.2 Å². The van der Waals surface area contributed by atoms with Crippen LogP contribution in [-0.2, 0) is 0 Å². The van der Waals surface area contributed by atoms with E-state index in [1.165, 1.54) is 19.3 Å². The van der Waals surface area contributed by atoms with Gasteiger partial charge in [0.25, 0.3) is 0 Å². The quantitative estimate of drug-likeness (QED) is 0.559. The van der Waals surface area contributed by atoms with Gasteiger partial charge in [0.15, 0.2) is 0 Å². The molecule has 0 aromatic carbocycles. The Bertz CT molecular complexity index is 93.4. The van der Waals surface area contributed by atoms with Crippen molar-refractivity contribution < 1.29 is 0 Å². The molecule has 0 unspecified atom stereocenters. The Balaban J connectivity index is 2.98. The Morgan fingerprint density at radius 2 is 1.80 bits per heavy atom. The SMILES string of the molecule is C[CH]CCCCC=C(Cl)Cl. The van der Waals surface area contributed by atoms with Crippen LogP contribution in [-0.4, -0.2) is 0 Å². The second-order valence-electron chi connectivity index (χ2n) is 2.19. The van der Waals surface area contributed by atoms with Gasteiger partial charge in [0, 0.05) is 0 Å². The minimum Gasteiger partial charge on any atom is -0.0713 e. The van der Waals surface area contributed by atoms with Crippen LogP contribution in [0.1, 0.15) is 32.6 Å². The number of hydrogen-bond acceptors (Lipinski definition) is 0. The molecule has 0 aliphatic carbocycles. The summed E-state index contributed by atoms with van der Waals surface area (Å²) in [5.74, 6) is 0. The van der Waals surface area contributed by atoms with E-state index in [1.54, 1.807) is 0 Å². The highest BCUT2D eigenvalue weighted by Crippen LogP contribution is 2.10. The molecule has 59 valence electrons. The molecule has 0 bridgehead atoms. The number of hydrogen-bond donors (Lipinski definition) is 0. The Labute approximate surface area is 73.2 Å². The van der Waals surface area contributed by atoms with E-state index in [4.69, 9.17) is 23.2 Å². The highest BCUT2D eigenvalue weighted by Gasteiger charge is 1.86.